The largest absolute Gasteiger partial charge is 0.410 e. The van der Waals surface area contributed by atoms with Gasteiger partial charge in [-0.15, -0.1) is 0 Å². The highest BCUT2D eigenvalue weighted by Gasteiger charge is 2.39. The molecule has 5 nitrogen and oxygen atoms in total. The Bertz CT molecular complexity index is 857. The number of anilines is 1. The second kappa shape index (κ2) is 4.97. The van der Waals surface area contributed by atoms with Gasteiger partial charge in [-0.3, -0.25) is 0 Å². The third kappa shape index (κ3) is 2.36. The maximum absolute atomic E-state index is 13.1. The van der Waals surface area contributed by atoms with Crippen LogP contribution in [0.5, 0.6) is 0 Å². The first kappa shape index (κ1) is 13.1. The summed E-state index contributed by atoms with van der Waals surface area (Å²) in [7, 11) is 0. The molecule has 3 aromatic rings. The summed E-state index contributed by atoms with van der Waals surface area (Å²) >= 11 is 0. The fraction of sp³-hybridized carbons (Fsp3) is 0.214. The molecule has 1 aromatic carbocycles. The van der Waals surface area contributed by atoms with Gasteiger partial charge in [0.2, 0.25) is 0 Å². The SMILES string of the molecule is [2H]c1ncnc2c1c(-c1ccc(N)cc1)nn2C(C)C(F)(F)F. The van der Waals surface area contributed by atoms with Crippen molar-refractivity contribution in [3.8, 4) is 11.3 Å². The van der Waals surface area contributed by atoms with Gasteiger partial charge in [0.1, 0.15) is 18.1 Å². The lowest BCUT2D eigenvalue weighted by molar-refractivity contribution is -0.164. The molecule has 0 aliphatic carbocycles. The van der Waals surface area contributed by atoms with Crippen LogP contribution in [0.3, 0.4) is 0 Å². The molecule has 0 aliphatic rings. The van der Waals surface area contributed by atoms with Crippen molar-refractivity contribution < 1.29 is 14.5 Å². The molecular weight excluding hydrogens is 295 g/mol. The average Bonchev–Trinajstić information content (AvgIpc) is 2.87. The number of fused-ring (bicyclic) bond motifs is 1. The number of rotatable bonds is 2. The van der Waals surface area contributed by atoms with E-state index in [9.17, 15) is 13.2 Å². The molecule has 0 aliphatic heterocycles. The van der Waals surface area contributed by atoms with E-state index in [4.69, 9.17) is 7.10 Å². The van der Waals surface area contributed by atoms with Gasteiger partial charge in [-0.05, 0) is 19.1 Å². The maximum atomic E-state index is 13.1. The highest BCUT2D eigenvalue weighted by Crippen LogP contribution is 2.34. The third-order valence-electron chi connectivity index (χ3n) is 3.32. The number of hydrogen-bond acceptors (Lipinski definition) is 4. The Morgan fingerprint density at radius 3 is 2.59 bits per heavy atom. The van der Waals surface area contributed by atoms with E-state index >= 15 is 0 Å². The molecule has 114 valence electrons. The molecule has 0 saturated carbocycles. The van der Waals surface area contributed by atoms with Crippen molar-refractivity contribution in [1.82, 2.24) is 19.7 Å². The lowest BCUT2D eigenvalue weighted by atomic mass is 10.1. The molecule has 0 saturated heterocycles. The van der Waals surface area contributed by atoms with Crippen molar-refractivity contribution in [2.75, 3.05) is 5.73 Å². The van der Waals surface area contributed by atoms with Gasteiger partial charge in [0.15, 0.2) is 5.65 Å². The molecule has 2 aromatic heterocycles. The predicted molar refractivity (Wildman–Crippen MR) is 75.9 cm³/mol. The van der Waals surface area contributed by atoms with Gasteiger partial charge in [-0.2, -0.15) is 18.3 Å². The summed E-state index contributed by atoms with van der Waals surface area (Å²) in [5, 5.41) is 4.22. The lowest BCUT2D eigenvalue weighted by Gasteiger charge is -2.16. The molecule has 2 N–H and O–H groups in total. The molecular formula is C14H12F3N5. The average molecular weight is 308 g/mol. The first-order chi connectivity index (χ1) is 10.8. The van der Waals surface area contributed by atoms with Crippen LogP contribution in [0.15, 0.2) is 36.8 Å². The zero-order valence-electron chi connectivity index (χ0n) is 12.5. The van der Waals surface area contributed by atoms with E-state index in [1.807, 2.05) is 0 Å². The number of nitrogens with zero attached hydrogens (tertiary/aromatic N) is 4. The van der Waals surface area contributed by atoms with Crippen LogP contribution in [0.1, 0.15) is 14.3 Å². The van der Waals surface area contributed by atoms with Crippen LogP contribution in [0.4, 0.5) is 18.9 Å². The van der Waals surface area contributed by atoms with Crippen molar-refractivity contribution in [3.05, 3.63) is 36.8 Å². The van der Waals surface area contributed by atoms with Crippen LogP contribution in [-0.4, -0.2) is 25.9 Å². The minimum Gasteiger partial charge on any atom is -0.399 e. The highest BCUT2D eigenvalue weighted by molar-refractivity contribution is 5.90. The van der Waals surface area contributed by atoms with Gasteiger partial charge >= 0.3 is 6.18 Å². The normalized spacial score (nSPS) is 14.1. The summed E-state index contributed by atoms with van der Waals surface area (Å²) in [5.41, 5.74) is 6.88. The zero-order valence-corrected chi connectivity index (χ0v) is 11.5. The van der Waals surface area contributed by atoms with Crippen LogP contribution < -0.4 is 5.73 Å². The van der Waals surface area contributed by atoms with Gasteiger partial charge < -0.3 is 5.73 Å². The zero-order chi connectivity index (χ0) is 16.8. The fourth-order valence-corrected chi connectivity index (χ4v) is 2.08. The molecule has 0 bridgehead atoms. The van der Waals surface area contributed by atoms with Crippen molar-refractivity contribution >= 4 is 16.7 Å². The standard InChI is InChI=1S/C14H12F3N5/c1-8(14(15,16)17)22-13-11(6-19-7-20-13)12(21-22)9-2-4-10(18)5-3-9/h2-8H,18H2,1H3/i6D. The van der Waals surface area contributed by atoms with E-state index < -0.39 is 12.2 Å². The van der Waals surface area contributed by atoms with Crippen molar-refractivity contribution in [3.63, 3.8) is 0 Å². The smallest absolute Gasteiger partial charge is 0.399 e. The summed E-state index contributed by atoms with van der Waals surface area (Å²) in [4.78, 5) is 7.63. The molecule has 8 heteroatoms. The van der Waals surface area contributed by atoms with E-state index in [1.54, 1.807) is 24.3 Å². The Hall–Kier alpha value is -2.64. The Morgan fingerprint density at radius 1 is 1.27 bits per heavy atom. The van der Waals surface area contributed by atoms with E-state index in [0.29, 0.717) is 11.3 Å². The molecule has 2 heterocycles. The quantitative estimate of drug-likeness (QED) is 0.738. The molecule has 1 atom stereocenters. The van der Waals surface area contributed by atoms with E-state index in [0.717, 1.165) is 17.9 Å². The highest BCUT2D eigenvalue weighted by atomic mass is 19.4. The monoisotopic (exact) mass is 308 g/mol. The number of hydrogen-bond donors (Lipinski definition) is 1. The lowest BCUT2D eigenvalue weighted by Crippen LogP contribution is -2.24. The van der Waals surface area contributed by atoms with Crippen molar-refractivity contribution in [2.24, 2.45) is 0 Å². The second-order valence-electron chi connectivity index (χ2n) is 4.82. The fourth-order valence-electron chi connectivity index (χ4n) is 2.08. The van der Waals surface area contributed by atoms with E-state index in [-0.39, 0.29) is 22.9 Å². The van der Waals surface area contributed by atoms with Crippen molar-refractivity contribution in [2.45, 2.75) is 19.1 Å². The van der Waals surface area contributed by atoms with Crippen LogP contribution in [0.25, 0.3) is 22.3 Å². The first-order valence-corrected chi connectivity index (χ1v) is 6.41. The van der Waals surface area contributed by atoms with Crippen LogP contribution in [0, 0.1) is 0 Å². The number of benzene rings is 1. The molecule has 0 amide bonds. The Morgan fingerprint density at radius 2 is 1.95 bits per heavy atom. The maximum Gasteiger partial charge on any atom is 0.410 e. The van der Waals surface area contributed by atoms with Crippen LogP contribution in [0.2, 0.25) is 0 Å². The molecule has 22 heavy (non-hydrogen) atoms. The summed E-state index contributed by atoms with van der Waals surface area (Å²) in [6.45, 7) is 0.991. The Labute approximate surface area is 125 Å². The Kier molecular flexibility index (Phi) is 2.95. The number of aromatic nitrogens is 4. The van der Waals surface area contributed by atoms with Gasteiger partial charge in [-0.1, -0.05) is 12.1 Å². The van der Waals surface area contributed by atoms with Crippen LogP contribution in [-0.2, 0) is 0 Å². The van der Waals surface area contributed by atoms with Crippen molar-refractivity contribution in [1.29, 1.82) is 0 Å². The molecule has 1 unspecified atom stereocenters. The van der Waals surface area contributed by atoms with Crippen LogP contribution >= 0.6 is 0 Å². The van der Waals surface area contributed by atoms with Gasteiger partial charge in [0.05, 0.1) is 6.76 Å². The van der Waals surface area contributed by atoms with E-state index in [2.05, 4.69) is 15.1 Å². The minimum atomic E-state index is -4.48. The molecule has 0 radical (unpaired) electrons. The first-order valence-electron chi connectivity index (χ1n) is 6.91. The predicted octanol–water partition coefficient (Wildman–Crippen LogP) is 3.20. The summed E-state index contributed by atoms with van der Waals surface area (Å²) in [5.74, 6) is 0. The number of nitrogen functional groups attached to an aromatic ring is 1. The Balaban J connectivity index is 2.29. The summed E-state index contributed by atoms with van der Waals surface area (Å²) < 4.78 is 47.9. The van der Waals surface area contributed by atoms with Gasteiger partial charge in [0, 0.05) is 17.4 Å². The topological polar surface area (TPSA) is 69.6 Å². The molecule has 0 fully saturated rings. The second-order valence-corrected chi connectivity index (χ2v) is 4.82. The van der Waals surface area contributed by atoms with Gasteiger partial charge in [-0.25, -0.2) is 14.6 Å². The minimum absolute atomic E-state index is 0.0262. The summed E-state index contributed by atoms with van der Waals surface area (Å²) in [6.07, 6.45) is -3.61. The molecule has 0 spiro atoms. The number of alkyl halides is 3. The number of nitrogens with two attached hydrogens (primary N) is 1. The molecule has 3 rings (SSSR count). The van der Waals surface area contributed by atoms with E-state index in [1.165, 1.54) is 0 Å². The summed E-state index contributed by atoms with van der Waals surface area (Å²) in [6, 6.07) is 4.61. The third-order valence-corrected chi connectivity index (χ3v) is 3.32. The number of halogens is 3. The van der Waals surface area contributed by atoms with Gasteiger partial charge in [0.25, 0.3) is 0 Å².